The van der Waals surface area contributed by atoms with E-state index in [1.807, 2.05) is 0 Å². The van der Waals surface area contributed by atoms with Gasteiger partial charge in [-0.3, -0.25) is 0 Å². The second-order valence-electron chi connectivity index (χ2n) is 6.66. The minimum absolute atomic E-state index is 0.235. The maximum Gasteiger partial charge on any atom is 0.416 e. The highest BCUT2D eigenvalue weighted by Crippen LogP contribution is 2.29. The number of hydrogen-bond donors (Lipinski definition) is 1. The molecule has 0 amide bonds. The van der Waals surface area contributed by atoms with Crippen molar-refractivity contribution in [2.75, 3.05) is 13.2 Å². The van der Waals surface area contributed by atoms with E-state index in [9.17, 15) is 18.0 Å². The van der Waals surface area contributed by atoms with Gasteiger partial charge in [-0.15, -0.1) is 0 Å². The smallest absolute Gasteiger partial charge is 0.416 e. The van der Waals surface area contributed by atoms with Crippen molar-refractivity contribution in [3.8, 4) is 17.6 Å². The minimum atomic E-state index is -4.40. The summed E-state index contributed by atoms with van der Waals surface area (Å²) in [6.45, 7) is 4.04. The number of benzene rings is 2. The Balaban J connectivity index is 1.91. The van der Waals surface area contributed by atoms with Crippen molar-refractivity contribution in [1.29, 1.82) is 0 Å². The average molecular weight is 432 g/mol. The molecule has 0 unspecified atom stereocenters. The molecule has 164 valence electrons. The Morgan fingerprint density at radius 1 is 1.19 bits per heavy atom. The molecule has 2 aromatic rings. The fourth-order valence-electron chi connectivity index (χ4n) is 2.61. The van der Waals surface area contributed by atoms with Gasteiger partial charge in [0, 0.05) is 18.6 Å². The zero-order valence-electron chi connectivity index (χ0n) is 17.2. The highest BCUT2D eigenvalue weighted by Gasteiger charge is 2.30. The van der Waals surface area contributed by atoms with Crippen molar-refractivity contribution in [2.24, 2.45) is 0 Å². The molecule has 0 aliphatic heterocycles. The summed E-state index contributed by atoms with van der Waals surface area (Å²) in [7, 11) is 0. The van der Waals surface area contributed by atoms with E-state index in [1.54, 1.807) is 44.2 Å². The van der Waals surface area contributed by atoms with Gasteiger partial charge in [0.05, 0.1) is 5.56 Å². The molecule has 0 heterocycles. The van der Waals surface area contributed by atoms with E-state index >= 15 is 0 Å². The summed E-state index contributed by atoms with van der Waals surface area (Å²) >= 11 is 0. The molecular weight excluding hydrogens is 409 g/mol. The number of carbonyl (C=O) groups is 1. The Morgan fingerprint density at radius 3 is 2.52 bits per heavy atom. The maximum absolute atomic E-state index is 12.7. The molecule has 0 fully saturated rings. The first kappa shape index (κ1) is 24.0. The van der Waals surface area contributed by atoms with E-state index in [-0.39, 0.29) is 18.6 Å². The van der Waals surface area contributed by atoms with Crippen molar-refractivity contribution in [1.82, 2.24) is 0 Å². The first-order chi connectivity index (χ1) is 14.7. The summed E-state index contributed by atoms with van der Waals surface area (Å²) in [4.78, 5) is 11.2. The predicted octanol–water partition coefficient (Wildman–Crippen LogP) is 5.11. The molecule has 2 rings (SSSR count). The van der Waals surface area contributed by atoms with Crippen LogP contribution in [0.4, 0.5) is 13.2 Å². The Morgan fingerprint density at radius 2 is 1.90 bits per heavy atom. The van der Waals surface area contributed by atoms with Crippen molar-refractivity contribution in [3.63, 3.8) is 0 Å². The van der Waals surface area contributed by atoms with Gasteiger partial charge in [-0.2, -0.15) is 13.2 Å². The van der Waals surface area contributed by atoms with E-state index in [2.05, 4.69) is 11.8 Å². The lowest BCUT2D eigenvalue weighted by molar-refractivity contribution is -0.150. The largest absolute Gasteiger partial charge is 0.490 e. The summed E-state index contributed by atoms with van der Waals surface area (Å²) < 4.78 is 49.0. The van der Waals surface area contributed by atoms with Gasteiger partial charge in [-0.1, -0.05) is 30.0 Å². The first-order valence-electron chi connectivity index (χ1n) is 9.61. The number of hydrogen-bond acceptors (Lipinski definition) is 3. The summed E-state index contributed by atoms with van der Waals surface area (Å²) in [6, 6.07) is 11.9. The monoisotopic (exact) mass is 432 g/mol. The fourth-order valence-corrected chi connectivity index (χ4v) is 2.61. The van der Waals surface area contributed by atoms with Crippen LogP contribution in [0, 0.1) is 11.8 Å². The van der Waals surface area contributed by atoms with Crippen molar-refractivity contribution >= 4 is 5.97 Å². The third kappa shape index (κ3) is 8.19. The third-order valence-corrected chi connectivity index (χ3v) is 4.22. The molecule has 4 nitrogen and oxygen atoms in total. The van der Waals surface area contributed by atoms with Gasteiger partial charge in [-0.05, 0) is 61.4 Å². The maximum atomic E-state index is 12.7. The predicted molar refractivity (Wildman–Crippen MR) is 111 cm³/mol. The molecule has 7 heteroatoms. The SMILES string of the molecule is CCO[C@@H](Cc1ccc(OC/C=C(/C)C#Cc2cccc(C(F)(F)F)c2)cc1)C(=O)O. The molecule has 2 aromatic carbocycles. The van der Waals surface area contributed by atoms with Crippen LogP contribution >= 0.6 is 0 Å². The van der Waals surface area contributed by atoms with Gasteiger partial charge in [0.1, 0.15) is 12.4 Å². The Kier molecular flexibility index (Phi) is 8.71. The van der Waals surface area contributed by atoms with Crippen LogP contribution in [0.25, 0.3) is 0 Å². The van der Waals surface area contributed by atoms with Crippen LogP contribution in [-0.2, 0) is 22.1 Å². The number of allylic oxidation sites excluding steroid dienone is 1. The third-order valence-electron chi connectivity index (χ3n) is 4.22. The van der Waals surface area contributed by atoms with Gasteiger partial charge in [0.2, 0.25) is 0 Å². The van der Waals surface area contributed by atoms with E-state index in [0.717, 1.165) is 17.7 Å². The molecule has 0 saturated heterocycles. The van der Waals surface area contributed by atoms with E-state index in [0.29, 0.717) is 17.9 Å². The van der Waals surface area contributed by atoms with Crippen molar-refractivity contribution in [2.45, 2.75) is 32.5 Å². The molecule has 1 N–H and O–H groups in total. The number of alkyl halides is 3. The van der Waals surface area contributed by atoms with Gasteiger partial charge >= 0.3 is 12.1 Å². The van der Waals surface area contributed by atoms with Crippen LogP contribution in [0.15, 0.2) is 60.2 Å². The van der Waals surface area contributed by atoms with Gasteiger partial charge in [0.25, 0.3) is 0 Å². The van der Waals surface area contributed by atoms with Crippen molar-refractivity contribution in [3.05, 3.63) is 76.9 Å². The van der Waals surface area contributed by atoms with Gasteiger partial charge in [-0.25, -0.2) is 4.79 Å². The summed E-state index contributed by atoms with van der Waals surface area (Å²) in [5.41, 5.74) is 1.02. The first-order valence-corrected chi connectivity index (χ1v) is 9.61. The quantitative estimate of drug-likeness (QED) is 0.589. The molecule has 0 aliphatic carbocycles. The summed E-state index contributed by atoms with van der Waals surface area (Å²) in [5, 5.41) is 9.14. The number of aliphatic carboxylic acids is 1. The molecule has 31 heavy (non-hydrogen) atoms. The Labute approximate surface area is 179 Å². The highest BCUT2D eigenvalue weighted by atomic mass is 19.4. The molecular formula is C24H23F3O4. The van der Waals surface area contributed by atoms with E-state index in [1.165, 1.54) is 12.1 Å². The van der Waals surface area contributed by atoms with Gasteiger partial charge in [0.15, 0.2) is 6.10 Å². The minimum Gasteiger partial charge on any atom is -0.490 e. The topological polar surface area (TPSA) is 55.8 Å². The summed E-state index contributed by atoms with van der Waals surface area (Å²) in [6.07, 6.45) is -3.31. The van der Waals surface area contributed by atoms with Crippen LogP contribution in [-0.4, -0.2) is 30.4 Å². The number of carboxylic acid groups (broad SMARTS) is 1. The molecule has 0 aliphatic rings. The van der Waals surface area contributed by atoms with Crippen LogP contribution in [0.5, 0.6) is 5.75 Å². The zero-order valence-corrected chi connectivity index (χ0v) is 17.2. The van der Waals surface area contributed by atoms with Crippen molar-refractivity contribution < 1.29 is 32.5 Å². The Bertz CT molecular complexity index is 967. The number of carboxylic acids is 1. The number of ether oxygens (including phenoxy) is 2. The van der Waals surface area contributed by atoms with Crippen LogP contribution in [0.2, 0.25) is 0 Å². The molecule has 0 saturated carbocycles. The normalized spacial score (nSPS) is 12.6. The lowest BCUT2D eigenvalue weighted by atomic mass is 10.1. The molecule has 0 radical (unpaired) electrons. The standard InChI is InChI=1S/C24H23F3O4/c1-3-30-22(23(28)29)16-19-9-11-21(12-10-19)31-14-13-17(2)7-8-18-5-4-6-20(15-18)24(25,26)27/h4-6,9-13,15,22H,3,14,16H2,1-2H3,(H,28,29)/b17-13-/t22-/m0/s1. The van der Waals surface area contributed by atoms with Gasteiger partial charge < -0.3 is 14.6 Å². The van der Waals surface area contributed by atoms with E-state index < -0.39 is 23.8 Å². The zero-order chi connectivity index (χ0) is 22.9. The summed E-state index contributed by atoms with van der Waals surface area (Å²) in [5.74, 6) is 5.12. The average Bonchev–Trinajstić information content (AvgIpc) is 2.72. The fraction of sp³-hybridized carbons (Fsp3) is 0.292. The number of rotatable bonds is 8. The highest BCUT2D eigenvalue weighted by molar-refractivity contribution is 5.72. The van der Waals surface area contributed by atoms with Crippen LogP contribution < -0.4 is 4.74 Å². The molecule has 1 atom stereocenters. The van der Waals surface area contributed by atoms with E-state index in [4.69, 9.17) is 14.6 Å². The molecule has 0 aromatic heterocycles. The lowest BCUT2D eigenvalue weighted by Gasteiger charge is -2.12. The van der Waals surface area contributed by atoms with Crippen LogP contribution in [0.3, 0.4) is 0 Å². The second-order valence-corrected chi connectivity index (χ2v) is 6.66. The number of halogens is 3. The van der Waals surface area contributed by atoms with Crippen LogP contribution in [0.1, 0.15) is 30.5 Å². The molecule has 0 spiro atoms. The molecule has 0 bridgehead atoms. The lowest BCUT2D eigenvalue weighted by Crippen LogP contribution is -2.26. The Hall–Kier alpha value is -3.24. The second kappa shape index (κ2) is 11.2.